The minimum Gasteiger partial charge on any atom is -0.457 e. The third-order valence-corrected chi connectivity index (χ3v) is 12.2. The lowest BCUT2D eigenvalue weighted by atomic mass is 9.85. The predicted molar refractivity (Wildman–Crippen MR) is 271 cm³/mol. The third kappa shape index (κ3) is 35.1. The molecule has 0 aromatic rings. The van der Waals surface area contributed by atoms with E-state index in [0.29, 0.717) is 13.0 Å². The summed E-state index contributed by atoms with van der Waals surface area (Å²) < 4.78 is 34.2. The van der Waals surface area contributed by atoms with Crippen LogP contribution in [0.4, 0.5) is 0 Å². The molecule has 1 fully saturated rings. The smallest absolute Gasteiger partial charge is 0.457 e. The van der Waals surface area contributed by atoms with E-state index in [9.17, 15) is 39.8 Å². The number of hydrogen-bond acceptors (Lipinski definition) is 11. The van der Waals surface area contributed by atoms with Crippen LogP contribution in [0.5, 0.6) is 0 Å². The number of unbranched alkanes of at least 4 members (excludes halogenated alkanes) is 14. The monoisotopic (exact) mass is 963 g/mol. The molecule has 67 heavy (non-hydrogen) atoms. The minimum absolute atomic E-state index is 0.102. The summed E-state index contributed by atoms with van der Waals surface area (Å²) in [6, 6.07) is 0. The molecule has 6 unspecified atom stereocenters. The molecule has 0 amide bonds. The SMILES string of the molecule is CC/C=C\C/C=C\C/C=C\C/C=C\C/C=C\C/C=C\CCCCCCCOCC(COP(=O)(O)OC1C(O)C(O)C(O)C(O)C1O)OC(=O)CCCCCCC/C=C\C/C=C\CCCCCC. The molecule has 0 saturated heterocycles. The Kier molecular flexibility index (Phi) is 40.2. The van der Waals surface area contributed by atoms with Crippen LogP contribution in [0.15, 0.2) is 97.2 Å². The standard InChI is InChI=1S/C54H91O12P/c1-3-5-7-9-11-13-15-17-19-21-22-23-24-25-26-27-28-30-32-34-36-38-40-42-44-63-45-47(46-64-67(61,62)66-54-52(59)50(57)49(56)51(58)53(54)60)65-48(55)43-41-39-37-35-33-31-29-20-18-16-14-12-10-8-6-4-2/h5,7,11,13-14,16-17,19-20,22-23,25-26,28-30,47,49-54,56-60H,3-4,6,8-10,12,15,18,21,24,27,31-46H2,1-2H3,(H,61,62)/b7-5-,13-11-,16-14-,19-17-,23-22-,26-25-,29-20-,30-28-. The van der Waals surface area contributed by atoms with Crippen molar-refractivity contribution in [2.45, 2.75) is 217 Å². The minimum atomic E-state index is -5.04. The molecule has 1 saturated carbocycles. The number of carbonyl (C=O) groups is 1. The summed E-state index contributed by atoms with van der Waals surface area (Å²) >= 11 is 0. The number of ether oxygens (including phenoxy) is 2. The summed E-state index contributed by atoms with van der Waals surface area (Å²) in [5.41, 5.74) is 0. The Bertz CT molecular complexity index is 1470. The molecular formula is C54H91O12P. The fourth-order valence-corrected chi connectivity index (χ4v) is 8.13. The lowest BCUT2D eigenvalue weighted by Crippen LogP contribution is -2.64. The zero-order valence-corrected chi connectivity index (χ0v) is 42.1. The first-order valence-electron chi connectivity index (χ1n) is 25.6. The molecule has 0 radical (unpaired) electrons. The summed E-state index contributed by atoms with van der Waals surface area (Å²) in [6.07, 6.45) is 47.5. The lowest BCUT2D eigenvalue weighted by Gasteiger charge is -2.41. The molecule has 1 aliphatic rings. The summed E-state index contributed by atoms with van der Waals surface area (Å²) in [4.78, 5) is 23.2. The first kappa shape index (κ1) is 62.3. The Morgan fingerprint density at radius 1 is 0.493 bits per heavy atom. The van der Waals surface area contributed by atoms with Crippen molar-refractivity contribution in [1.82, 2.24) is 0 Å². The van der Waals surface area contributed by atoms with Gasteiger partial charge in [0.1, 0.15) is 42.7 Å². The number of phosphoric ester groups is 1. The molecule has 0 aliphatic heterocycles. The quantitative estimate of drug-likeness (QED) is 0.0147. The van der Waals surface area contributed by atoms with Crippen LogP contribution in [0.3, 0.4) is 0 Å². The maximum Gasteiger partial charge on any atom is 0.472 e. The largest absolute Gasteiger partial charge is 0.472 e. The zero-order valence-electron chi connectivity index (χ0n) is 41.2. The Labute approximate surface area is 404 Å². The fraction of sp³-hybridized carbons (Fsp3) is 0.685. The molecule has 12 nitrogen and oxygen atoms in total. The Morgan fingerprint density at radius 3 is 1.34 bits per heavy atom. The Balaban J connectivity index is 2.38. The van der Waals surface area contributed by atoms with Crippen molar-refractivity contribution in [2.24, 2.45) is 0 Å². The van der Waals surface area contributed by atoms with E-state index < -0.39 is 63.1 Å². The van der Waals surface area contributed by atoms with Crippen molar-refractivity contribution in [2.75, 3.05) is 19.8 Å². The summed E-state index contributed by atoms with van der Waals surface area (Å²) in [5.74, 6) is -0.502. The van der Waals surface area contributed by atoms with Gasteiger partial charge < -0.3 is 39.9 Å². The number of phosphoric acid groups is 1. The molecule has 0 spiro atoms. The van der Waals surface area contributed by atoms with E-state index in [2.05, 4.69) is 111 Å². The van der Waals surface area contributed by atoms with Crippen LogP contribution < -0.4 is 0 Å². The van der Waals surface area contributed by atoms with E-state index in [1.807, 2.05) is 0 Å². The third-order valence-electron chi connectivity index (χ3n) is 11.2. The van der Waals surface area contributed by atoms with Gasteiger partial charge in [0, 0.05) is 13.0 Å². The van der Waals surface area contributed by atoms with Crippen LogP contribution in [0.25, 0.3) is 0 Å². The number of aliphatic hydroxyl groups is 5. The summed E-state index contributed by atoms with van der Waals surface area (Å²) in [5, 5.41) is 50.3. The molecule has 0 heterocycles. The molecule has 13 heteroatoms. The average molecular weight is 963 g/mol. The van der Waals surface area contributed by atoms with Gasteiger partial charge in [-0.15, -0.1) is 0 Å². The molecule has 1 rings (SSSR count). The number of hydrogen-bond donors (Lipinski definition) is 6. The zero-order chi connectivity index (χ0) is 49.1. The van der Waals surface area contributed by atoms with Gasteiger partial charge in [-0.05, 0) is 96.3 Å². The van der Waals surface area contributed by atoms with Crippen molar-refractivity contribution in [1.29, 1.82) is 0 Å². The van der Waals surface area contributed by atoms with E-state index in [4.69, 9.17) is 18.5 Å². The van der Waals surface area contributed by atoms with Gasteiger partial charge in [-0.2, -0.15) is 0 Å². The van der Waals surface area contributed by atoms with Crippen LogP contribution in [-0.2, 0) is 27.9 Å². The molecule has 0 aromatic carbocycles. The number of carbonyl (C=O) groups excluding carboxylic acids is 1. The number of allylic oxidation sites excluding steroid dienone is 16. The van der Waals surface area contributed by atoms with Gasteiger partial charge in [-0.1, -0.05) is 169 Å². The van der Waals surface area contributed by atoms with Crippen LogP contribution in [0.2, 0.25) is 0 Å². The average Bonchev–Trinajstić information content (AvgIpc) is 3.31. The molecule has 0 bridgehead atoms. The molecule has 6 atom stereocenters. The number of aliphatic hydroxyl groups excluding tert-OH is 5. The van der Waals surface area contributed by atoms with Crippen molar-refractivity contribution in [3.05, 3.63) is 97.2 Å². The first-order valence-corrected chi connectivity index (χ1v) is 27.1. The van der Waals surface area contributed by atoms with Gasteiger partial charge in [0.2, 0.25) is 0 Å². The van der Waals surface area contributed by atoms with Crippen LogP contribution >= 0.6 is 7.82 Å². The van der Waals surface area contributed by atoms with E-state index in [1.165, 1.54) is 25.7 Å². The van der Waals surface area contributed by atoms with Gasteiger partial charge in [0.25, 0.3) is 0 Å². The molecule has 0 aromatic heterocycles. The van der Waals surface area contributed by atoms with Gasteiger partial charge >= 0.3 is 13.8 Å². The van der Waals surface area contributed by atoms with E-state index in [-0.39, 0.29) is 13.0 Å². The molecule has 6 N–H and O–H groups in total. The second-order valence-corrected chi connectivity index (χ2v) is 18.7. The highest BCUT2D eigenvalue weighted by Crippen LogP contribution is 2.47. The normalized spacial score (nSPS) is 22.1. The fourth-order valence-electron chi connectivity index (χ4n) is 7.15. The van der Waals surface area contributed by atoms with Gasteiger partial charge in [-0.3, -0.25) is 13.8 Å². The van der Waals surface area contributed by atoms with Gasteiger partial charge in [0.15, 0.2) is 0 Å². The number of rotatable bonds is 42. The second kappa shape index (κ2) is 43.3. The highest BCUT2D eigenvalue weighted by atomic mass is 31.2. The van der Waals surface area contributed by atoms with E-state index >= 15 is 0 Å². The highest BCUT2D eigenvalue weighted by Gasteiger charge is 2.51. The molecular weight excluding hydrogens is 872 g/mol. The van der Waals surface area contributed by atoms with Crippen molar-refractivity contribution in [3.8, 4) is 0 Å². The van der Waals surface area contributed by atoms with Crippen molar-refractivity contribution < 1.29 is 58.3 Å². The van der Waals surface area contributed by atoms with E-state index in [1.54, 1.807) is 0 Å². The van der Waals surface area contributed by atoms with Crippen LogP contribution in [0.1, 0.15) is 174 Å². The topological polar surface area (TPSA) is 192 Å². The van der Waals surface area contributed by atoms with Crippen molar-refractivity contribution in [3.63, 3.8) is 0 Å². The predicted octanol–water partition coefficient (Wildman–Crippen LogP) is 11.5. The van der Waals surface area contributed by atoms with E-state index in [0.717, 1.165) is 122 Å². The van der Waals surface area contributed by atoms with Gasteiger partial charge in [-0.25, -0.2) is 4.57 Å². The molecule has 1 aliphatic carbocycles. The summed E-state index contributed by atoms with van der Waals surface area (Å²) in [7, 11) is -5.04. The van der Waals surface area contributed by atoms with Crippen LogP contribution in [0, 0.1) is 0 Å². The highest BCUT2D eigenvalue weighted by molar-refractivity contribution is 7.47. The maximum atomic E-state index is 12.9. The van der Waals surface area contributed by atoms with Crippen molar-refractivity contribution >= 4 is 13.8 Å². The van der Waals surface area contributed by atoms with Gasteiger partial charge in [0.05, 0.1) is 13.2 Å². The lowest BCUT2D eigenvalue weighted by molar-refractivity contribution is -0.220. The maximum absolute atomic E-state index is 12.9. The number of esters is 1. The first-order chi connectivity index (χ1) is 32.5. The Morgan fingerprint density at radius 2 is 0.881 bits per heavy atom. The van der Waals surface area contributed by atoms with Crippen LogP contribution in [-0.4, -0.2) is 98.9 Å². The second-order valence-electron chi connectivity index (χ2n) is 17.3. The molecule has 384 valence electrons. The summed E-state index contributed by atoms with van der Waals surface area (Å²) in [6.45, 7) is 4.06. The Hall–Kier alpha value is -2.74.